The molecule has 0 aliphatic heterocycles. The van der Waals surface area contributed by atoms with Crippen molar-refractivity contribution < 1.29 is 4.42 Å². The summed E-state index contributed by atoms with van der Waals surface area (Å²) in [6.07, 6.45) is 0. The van der Waals surface area contributed by atoms with Crippen molar-refractivity contribution >= 4 is 43.5 Å². The average molecular weight is 652 g/mol. The average Bonchev–Trinajstić information content (AvgIpc) is 3.60. The second-order valence-electron chi connectivity index (χ2n) is 12.8. The molecule has 4 heteroatoms. The quantitative estimate of drug-likeness (QED) is 0.186. The van der Waals surface area contributed by atoms with Gasteiger partial charge in [-0.2, -0.15) is 0 Å². The zero-order valence-electron chi connectivity index (χ0n) is 27.5. The monoisotopic (exact) mass is 651 g/mol. The van der Waals surface area contributed by atoms with E-state index < -0.39 is 0 Å². The van der Waals surface area contributed by atoms with Crippen LogP contribution in [0.5, 0.6) is 0 Å². The predicted octanol–water partition coefficient (Wildman–Crippen LogP) is 12.4. The number of benzene rings is 8. The Labute approximate surface area is 294 Å². The smallest absolute Gasteiger partial charge is 0.164 e. The first-order chi connectivity index (χ1) is 25.3. The molecule has 0 amide bonds. The van der Waals surface area contributed by atoms with E-state index >= 15 is 0 Å². The first-order valence-corrected chi connectivity index (χ1v) is 17.1. The lowest BCUT2D eigenvalue weighted by Gasteiger charge is -2.12. The van der Waals surface area contributed by atoms with Gasteiger partial charge in [0.15, 0.2) is 17.5 Å². The van der Waals surface area contributed by atoms with Gasteiger partial charge in [-0.1, -0.05) is 164 Å². The number of fused-ring (bicyclic) bond motifs is 6. The maximum Gasteiger partial charge on any atom is 0.164 e. The molecule has 0 unspecified atom stereocenters. The Kier molecular flexibility index (Phi) is 6.78. The molecule has 10 aromatic rings. The van der Waals surface area contributed by atoms with Gasteiger partial charge in [-0.05, 0) is 50.5 Å². The molecule has 0 radical (unpaired) electrons. The maximum absolute atomic E-state index is 6.71. The molecule has 0 fully saturated rings. The van der Waals surface area contributed by atoms with E-state index in [1.54, 1.807) is 0 Å². The second kappa shape index (κ2) is 11.9. The van der Waals surface area contributed by atoms with Gasteiger partial charge in [0.25, 0.3) is 0 Å². The Morgan fingerprint density at radius 3 is 1.63 bits per heavy atom. The molecular formula is C47H29N3O. The lowest BCUT2D eigenvalue weighted by Crippen LogP contribution is -2.00. The highest BCUT2D eigenvalue weighted by molar-refractivity contribution is 6.23. The minimum Gasteiger partial charge on any atom is -0.455 e. The molecular weight excluding hydrogens is 623 g/mol. The third-order valence-corrected chi connectivity index (χ3v) is 9.74. The van der Waals surface area contributed by atoms with Crippen molar-refractivity contribution in [3.8, 4) is 56.4 Å². The van der Waals surface area contributed by atoms with Crippen molar-refractivity contribution in [1.29, 1.82) is 0 Å². The molecule has 2 heterocycles. The zero-order valence-corrected chi connectivity index (χ0v) is 27.5. The summed E-state index contributed by atoms with van der Waals surface area (Å²) in [6, 6.07) is 60.9. The normalized spacial score (nSPS) is 11.5. The van der Waals surface area contributed by atoms with Crippen LogP contribution in [-0.4, -0.2) is 15.0 Å². The number of hydrogen-bond donors (Lipinski definition) is 0. The molecule has 0 bridgehead atoms. The summed E-state index contributed by atoms with van der Waals surface area (Å²) < 4.78 is 6.71. The molecule has 2 aromatic heterocycles. The van der Waals surface area contributed by atoms with Crippen molar-refractivity contribution in [1.82, 2.24) is 15.0 Å². The topological polar surface area (TPSA) is 51.8 Å². The summed E-state index contributed by atoms with van der Waals surface area (Å²) in [6.45, 7) is 0. The van der Waals surface area contributed by atoms with E-state index in [9.17, 15) is 0 Å². The van der Waals surface area contributed by atoms with Gasteiger partial charge in [0.2, 0.25) is 0 Å². The maximum atomic E-state index is 6.71. The van der Waals surface area contributed by atoms with Crippen LogP contribution in [0.2, 0.25) is 0 Å². The van der Waals surface area contributed by atoms with Crippen molar-refractivity contribution in [2.24, 2.45) is 0 Å². The highest BCUT2D eigenvalue weighted by Crippen LogP contribution is 2.44. The Balaban J connectivity index is 1.23. The number of rotatable bonds is 5. The molecule has 0 aliphatic rings. The number of aromatic nitrogens is 3. The molecule has 10 rings (SSSR count). The number of furan rings is 1. The minimum atomic E-state index is 0.612. The van der Waals surface area contributed by atoms with E-state index in [-0.39, 0.29) is 0 Å². The molecule has 8 aromatic carbocycles. The van der Waals surface area contributed by atoms with Crippen molar-refractivity contribution in [2.45, 2.75) is 0 Å². The van der Waals surface area contributed by atoms with Gasteiger partial charge < -0.3 is 4.42 Å². The standard InChI is InChI=1S/C47H29N3O/c1-3-13-30(14-4-1)31-25-27-34(28-26-31)46-48-45(33-16-5-2-6-17-33)49-47(50-46)40-29-41-43-38(36-22-11-18-32-15-7-8-19-35(32)36)23-12-24-42(43)51-44(41)39-21-10-9-20-37(39)40/h1-29H. The lowest BCUT2D eigenvalue weighted by atomic mass is 9.93. The van der Waals surface area contributed by atoms with Gasteiger partial charge in [-0.15, -0.1) is 0 Å². The van der Waals surface area contributed by atoms with Crippen LogP contribution < -0.4 is 0 Å². The van der Waals surface area contributed by atoms with E-state index in [2.05, 4.69) is 140 Å². The fourth-order valence-corrected chi connectivity index (χ4v) is 7.30. The van der Waals surface area contributed by atoms with E-state index in [0.717, 1.165) is 60.5 Å². The number of nitrogens with zero attached hydrogens (tertiary/aromatic N) is 3. The molecule has 0 saturated carbocycles. The first-order valence-electron chi connectivity index (χ1n) is 17.1. The van der Waals surface area contributed by atoms with Gasteiger partial charge in [0.05, 0.1) is 0 Å². The number of hydrogen-bond acceptors (Lipinski definition) is 4. The van der Waals surface area contributed by atoms with Crippen LogP contribution in [0.15, 0.2) is 180 Å². The Hall–Kier alpha value is -6.91. The second-order valence-corrected chi connectivity index (χ2v) is 12.8. The Morgan fingerprint density at radius 1 is 0.333 bits per heavy atom. The van der Waals surface area contributed by atoms with Gasteiger partial charge in [0.1, 0.15) is 11.2 Å². The van der Waals surface area contributed by atoms with E-state index in [0.29, 0.717) is 17.5 Å². The molecule has 238 valence electrons. The van der Waals surface area contributed by atoms with Crippen LogP contribution >= 0.6 is 0 Å². The Morgan fingerprint density at radius 2 is 0.863 bits per heavy atom. The summed E-state index contributed by atoms with van der Waals surface area (Å²) >= 11 is 0. The fraction of sp³-hybridized carbons (Fsp3) is 0. The van der Waals surface area contributed by atoms with Crippen LogP contribution in [-0.2, 0) is 0 Å². The van der Waals surface area contributed by atoms with Crippen LogP contribution in [0.4, 0.5) is 0 Å². The van der Waals surface area contributed by atoms with Crippen molar-refractivity contribution in [2.75, 3.05) is 0 Å². The van der Waals surface area contributed by atoms with Crippen LogP contribution in [0.3, 0.4) is 0 Å². The third-order valence-electron chi connectivity index (χ3n) is 9.74. The molecule has 0 atom stereocenters. The van der Waals surface area contributed by atoms with Gasteiger partial charge >= 0.3 is 0 Å². The summed E-state index contributed by atoms with van der Waals surface area (Å²) in [5, 5.41) is 6.54. The van der Waals surface area contributed by atoms with Crippen molar-refractivity contribution in [3.63, 3.8) is 0 Å². The highest BCUT2D eigenvalue weighted by atomic mass is 16.3. The molecule has 0 N–H and O–H groups in total. The molecule has 0 aliphatic carbocycles. The largest absolute Gasteiger partial charge is 0.455 e. The summed E-state index contributed by atoms with van der Waals surface area (Å²) in [5.74, 6) is 1.86. The van der Waals surface area contributed by atoms with Crippen LogP contribution in [0.25, 0.3) is 99.9 Å². The molecule has 4 nitrogen and oxygen atoms in total. The summed E-state index contributed by atoms with van der Waals surface area (Å²) in [7, 11) is 0. The SMILES string of the molecule is c1ccc(-c2ccc(-c3nc(-c4ccccc4)nc(-c4cc5c(oc6cccc(-c7cccc8ccccc78)c65)c5ccccc45)n3)cc2)cc1. The van der Waals surface area contributed by atoms with E-state index in [4.69, 9.17) is 19.4 Å². The van der Waals surface area contributed by atoms with E-state index in [1.165, 1.54) is 21.9 Å². The van der Waals surface area contributed by atoms with Crippen LogP contribution in [0, 0.1) is 0 Å². The predicted molar refractivity (Wildman–Crippen MR) is 209 cm³/mol. The minimum absolute atomic E-state index is 0.612. The van der Waals surface area contributed by atoms with Gasteiger partial charge in [-0.25, -0.2) is 15.0 Å². The van der Waals surface area contributed by atoms with Crippen molar-refractivity contribution in [3.05, 3.63) is 176 Å². The molecule has 0 saturated heterocycles. The molecule has 51 heavy (non-hydrogen) atoms. The highest BCUT2D eigenvalue weighted by Gasteiger charge is 2.21. The Bertz CT molecular complexity index is 2890. The van der Waals surface area contributed by atoms with Crippen LogP contribution in [0.1, 0.15) is 0 Å². The molecule has 0 spiro atoms. The van der Waals surface area contributed by atoms with Gasteiger partial charge in [0, 0.05) is 32.8 Å². The zero-order chi connectivity index (χ0) is 33.7. The summed E-state index contributed by atoms with van der Waals surface area (Å²) in [4.78, 5) is 15.4. The lowest BCUT2D eigenvalue weighted by molar-refractivity contribution is 0.673. The fourth-order valence-electron chi connectivity index (χ4n) is 7.30. The summed E-state index contributed by atoms with van der Waals surface area (Å²) in [5.41, 5.74) is 9.09. The first kappa shape index (κ1) is 29.0. The van der Waals surface area contributed by atoms with E-state index in [1.807, 2.05) is 36.4 Å². The van der Waals surface area contributed by atoms with Gasteiger partial charge in [-0.3, -0.25) is 0 Å². The third kappa shape index (κ3) is 4.96.